The van der Waals surface area contributed by atoms with Gasteiger partial charge in [0.05, 0.1) is 44.9 Å². The molecule has 0 bridgehead atoms. The van der Waals surface area contributed by atoms with Gasteiger partial charge in [0.15, 0.2) is 5.84 Å². The number of amidine groups is 1. The Morgan fingerprint density at radius 1 is 0.500 bits per heavy atom. The largest absolute Gasteiger partial charge is 0.508 e. The Morgan fingerprint density at radius 3 is 1.13 bits per heavy atom. The molecule has 2 heterocycles. The minimum atomic E-state index is -4.63. The highest BCUT2D eigenvalue weighted by molar-refractivity contribution is 6.03. The van der Waals surface area contributed by atoms with Crippen LogP contribution in [0.1, 0.15) is 82.8 Å². The number of carbonyl (C=O) groups is 2. The molecule has 22 heteroatoms. The maximum Gasteiger partial charge on any atom is 0.416 e. The van der Waals surface area contributed by atoms with E-state index in [1.165, 1.54) is 86.6 Å². The Bertz CT molecular complexity index is 3680. The lowest BCUT2D eigenvalue weighted by atomic mass is 9.95. The number of carbonyl (C=O) groups excluding carboxylic acids is 2. The van der Waals surface area contributed by atoms with Crippen molar-refractivity contribution in [2.45, 2.75) is 72.9 Å². The second-order valence-corrected chi connectivity index (χ2v) is 18.5. The van der Waals surface area contributed by atoms with E-state index in [0.29, 0.717) is 40.9 Å². The Hall–Kier alpha value is -9.96. The van der Waals surface area contributed by atoms with E-state index < -0.39 is 41.1 Å². The first-order chi connectivity index (χ1) is 38.3. The Kier molecular flexibility index (Phi) is 19.8. The van der Waals surface area contributed by atoms with Crippen LogP contribution in [0.3, 0.4) is 0 Å². The molecule has 8 aromatic rings. The number of nitriles is 2. The number of phenolic OH excluding ortho intramolecular Hbond substituents is 3. The lowest BCUT2D eigenvalue weighted by molar-refractivity contribution is -0.138. The van der Waals surface area contributed by atoms with Crippen LogP contribution in [0.15, 0.2) is 139 Å². The van der Waals surface area contributed by atoms with E-state index in [-0.39, 0.29) is 67.9 Å². The summed E-state index contributed by atoms with van der Waals surface area (Å²) in [6.45, 7) is 10.2. The number of nitrogen functional groups attached to an aromatic ring is 1. The first-order valence-corrected chi connectivity index (χ1v) is 24.3. The lowest BCUT2D eigenvalue weighted by Crippen LogP contribution is -2.20. The summed E-state index contributed by atoms with van der Waals surface area (Å²) in [6, 6.07) is 33.5. The van der Waals surface area contributed by atoms with Gasteiger partial charge >= 0.3 is 18.5 Å². The van der Waals surface area contributed by atoms with Crippen LogP contribution in [-0.2, 0) is 28.1 Å². The molecule has 0 aliphatic heterocycles. The Labute approximate surface area is 464 Å². The molecule has 0 aliphatic rings. The summed E-state index contributed by atoms with van der Waals surface area (Å²) >= 11 is 0. The minimum Gasteiger partial charge on any atom is -0.508 e. The lowest BCUT2D eigenvalue weighted by Gasteiger charge is -2.21. The standard InChI is InChI=1S/C20H18F3N3O2.C20H15F3N2O.C14H9F3N2O.C6H10O2/c1-11-3-4-12(2)26(11)18-16(13-5-7-15(27)8-6-13)9-14(20(21,22)23)10-17(18)19(24)25-28;1-12-3-4-13(2)25(12)19-15(11-24)9-16(20(21,22)23)10-18(19)14-5-7-17(26)8-6-14;15-14(16,17)10-5-9(7-18)13(19)12(6-10)8-1-3-11(20)4-2-8;1-5(7)3-4-6(2)8/h3-10,27-28H,1-2H3,(H2,24,25);3-10,26H,1-2H3;1-6,20H,19H2;3-4H2,1-2H3. The summed E-state index contributed by atoms with van der Waals surface area (Å²) in [5.74, 6) is -0.285. The number of Topliss-reactive ketones (excluding diaryl/α,β-unsaturated/α-hetero) is 2. The third kappa shape index (κ3) is 15.4. The number of rotatable bonds is 9. The van der Waals surface area contributed by atoms with Crippen molar-refractivity contribution >= 4 is 23.1 Å². The summed E-state index contributed by atoms with van der Waals surface area (Å²) in [7, 11) is 0. The molecular formula is C60H52F9N7O6. The van der Waals surface area contributed by atoms with Gasteiger partial charge in [0.25, 0.3) is 0 Å². The second kappa shape index (κ2) is 25.9. The highest BCUT2D eigenvalue weighted by Crippen LogP contribution is 2.42. The third-order valence-electron chi connectivity index (χ3n) is 12.4. The fourth-order valence-corrected chi connectivity index (χ4v) is 8.32. The zero-order valence-electron chi connectivity index (χ0n) is 44.5. The van der Waals surface area contributed by atoms with Gasteiger partial charge in [-0.25, -0.2) is 0 Å². The number of anilines is 1. The molecule has 0 saturated heterocycles. The predicted octanol–water partition coefficient (Wildman–Crippen LogP) is 14.4. The fraction of sp³-hybridized carbons (Fsp3) is 0.183. The summed E-state index contributed by atoms with van der Waals surface area (Å²) in [4.78, 5) is 20.4. The molecule has 0 radical (unpaired) electrons. The number of nitrogens with two attached hydrogens (primary N) is 2. The monoisotopic (exact) mass is 1140 g/mol. The number of alkyl halides is 9. The average Bonchev–Trinajstić information content (AvgIpc) is 3.24. The van der Waals surface area contributed by atoms with E-state index >= 15 is 0 Å². The smallest absolute Gasteiger partial charge is 0.416 e. The Morgan fingerprint density at radius 2 is 0.805 bits per heavy atom. The molecule has 0 saturated carbocycles. The van der Waals surface area contributed by atoms with Crippen LogP contribution in [-0.4, -0.2) is 47.1 Å². The van der Waals surface area contributed by atoms with Gasteiger partial charge in [-0.1, -0.05) is 41.6 Å². The molecule has 0 fully saturated rings. The quantitative estimate of drug-likeness (QED) is 0.0200. The number of halogens is 9. The van der Waals surface area contributed by atoms with Crippen LogP contribution in [0.4, 0.5) is 45.2 Å². The maximum absolute atomic E-state index is 13.5. The van der Waals surface area contributed by atoms with E-state index in [1.54, 1.807) is 29.1 Å². The predicted molar refractivity (Wildman–Crippen MR) is 290 cm³/mol. The molecule has 82 heavy (non-hydrogen) atoms. The van der Waals surface area contributed by atoms with E-state index in [1.807, 2.05) is 44.2 Å². The zero-order valence-corrected chi connectivity index (χ0v) is 44.5. The normalized spacial score (nSPS) is 11.4. The minimum absolute atomic E-state index is 0.0103. The highest BCUT2D eigenvalue weighted by Gasteiger charge is 2.35. The van der Waals surface area contributed by atoms with Gasteiger partial charge in [0.1, 0.15) is 41.0 Å². The summed E-state index contributed by atoms with van der Waals surface area (Å²) < 4.78 is 123. The van der Waals surface area contributed by atoms with Crippen molar-refractivity contribution in [3.8, 4) is 74.1 Å². The van der Waals surface area contributed by atoms with Crippen LogP contribution in [0.2, 0.25) is 0 Å². The summed E-state index contributed by atoms with van der Waals surface area (Å²) in [5.41, 5.74) is 14.2. The van der Waals surface area contributed by atoms with Crippen molar-refractivity contribution < 1.29 is 69.6 Å². The van der Waals surface area contributed by atoms with E-state index in [4.69, 9.17) is 16.7 Å². The molecule has 2 aromatic heterocycles. The molecule has 13 nitrogen and oxygen atoms in total. The molecule has 0 unspecified atom stereocenters. The van der Waals surface area contributed by atoms with Crippen LogP contribution in [0.25, 0.3) is 44.8 Å². The van der Waals surface area contributed by atoms with Gasteiger partial charge in [-0.15, -0.1) is 0 Å². The second-order valence-electron chi connectivity index (χ2n) is 18.5. The van der Waals surface area contributed by atoms with Crippen molar-refractivity contribution in [3.63, 3.8) is 0 Å². The Balaban J connectivity index is 0.000000213. The van der Waals surface area contributed by atoms with Crippen molar-refractivity contribution in [2.24, 2.45) is 10.9 Å². The molecule has 6 aromatic carbocycles. The highest BCUT2D eigenvalue weighted by atomic mass is 19.4. The van der Waals surface area contributed by atoms with Gasteiger partial charge in [-0.05, 0) is 155 Å². The van der Waals surface area contributed by atoms with Crippen LogP contribution < -0.4 is 11.5 Å². The number of nitrogens with zero attached hydrogens (tertiary/aromatic N) is 5. The number of aromatic hydroxyl groups is 3. The molecule has 0 atom stereocenters. The van der Waals surface area contributed by atoms with Gasteiger partial charge in [0.2, 0.25) is 0 Å². The molecule has 0 aliphatic carbocycles. The van der Waals surface area contributed by atoms with Crippen molar-refractivity contribution in [1.29, 1.82) is 10.5 Å². The first kappa shape index (κ1) is 62.9. The first-order valence-electron chi connectivity index (χ1n) is 24.3. The van der Waals surface area contributed by atoms with Crippen LogP contribution in [0, 0.1) is 50.4 Å². The van der Waals surface area contributed by atoms with E-state index in [2.05, 4.69) is 5.16 Å². The number of aromatic nitrogens is 2. The zero-order chi connectivity index (χ0) is 61.2. The maximum atomic E-state index is 13.5. The molecule has 8 rings (SSSR count). The van der Waals surface area contributed by atoms with Gasteiger partial charge in [0, 0.05) is 57.9 Å². The number of phenols is 3. The van der Waals surface area contributed by atoms with Crippen molar-refractivity contribution in [3.05, 3.63) is 190 Å². The molecule has 8 N–H and O–H groups in total. The third-order valence-corrected chi connectivity index (χ3v) is 12.4. The number of ketones is 2. The number of hydrogen-bond acceptors (Lipinski definition) is 10. The van der Waals surface area contributed by atoms with Gasteiger partial charge in [-0.2, -0.15) is 50.0 Å². The average molecular weight is 1140 g/mol. The van der Waals surface area contributed by atoms with Crippen LogP contribution >= 0.6 is 0 Å². The van der Waals surface area contributed by atoms with Crippen molar-refractivity contribution in [1.82, 2.24) is 9.13 Å². The summed E-state index contributed by atoms with van der Waals surface area (Å²) in [6.07, 6.45) is -13.0. The van der Waals surface area contributed by atoms with Crippen molar-refractivity contribution in [2.75, 3.05) is 5.73 Å². The molecule has 0 amide bonds. The number of benzene rings is 6. The molecule has 0 spiro atoms. The van der Waals surface area contributed by atoms with Gasteiger partial charge in [-0.3, -0.25) is 0 Å². The fourth-order valence-electron chi connectivity index (χ4n) is 8.32. The number of oxime groups is 1. The molecule has 426 valence electrons. The van der Waals surface area contributed by atoms with E-state index in [0.717, 1.165) is 59.2 Å². The molecular weight excluding hydrogens is 1090 g/mol. The summed E-state index contributed by atoms with van der Waals surface area (Å²) in [5, 5.41) is 58.8. The van der Waals surface area contributed by atoms with E-state index in [9.17, 15) is 74.9 Å². The number of hydrogen-bond donors (Lipinski definition) is 6. The van der Waals surface area contributed by atoms with Crippen LogP contribution in [0.5, 0.6) is 17.2 Å². The number of aryl methyl sites for hydroxylation is 4. The van der Waals surface area contributed by atoms with Gasteiger partial charge < -0.3 is 50.7 Å². The topological polar surface area (TPSA) is 237 Å². The SMILES string of the molecule is CC(=O)CCC(C)=O.Cc1ccc(C)n1-c1c(/C(N)=N/O)cc(C(F)(F)F)cc1-c1ccc(O)cc1.Cc1ccc(C)n1-c1c(C#N)cc(C(F)(F)F)cc1-c1ccc(O)cc1.N#Cc1cc(C(F)(F)F)cc(-c2ccc(O)cc2)c1N.